The van der Waals surface area contributed by atoms with Gasteiger partial charge in [0.05, 0.1) is 5.52 Å². The maximum absolute atomic E-state index is 9.21. The fourth-order valence-corrected chi connectivity index (χ4v) is 1.52. The molecule has 0 saturated heterocycles. The Morgan fingerprint density at radius 1 is 1.24 bits per heavy atom. The summed E-state index contributed by atoms with van der Waals surface area (Å²) in [6.07, 6.45) is 1.55. The predicted octanol–water partition coefficient (Wildman–Crippen LogP) is 2.06. The molecule has 0 fully saturated rings. The van der Waals surface area contributed by atoms with Gasteiger partial charge >= 0.3 is 0 Å². The number of nitrogens with one attached hydrogen (secondary N) is 1. The van der Waals surface area contributed by atoms with Crippen LogP contribution in [0.5, 0.6) is 0 Å². The molecule has 0 bridgehead atoms. The second-order valence-electron chi connectivity index (χ2n) is 4.92. The molecule has 17 heavy (non-hydrogen) atoms. The Kier molecular flexibility index (Phi) is 3.24. The van der Waals surface area contributed by atoms with Crippen LogP contribution in [-0.4, -0.2) is 28.2 Å². The van der Waals surface area contributed by atoms with Crippen molar-refractivity contribution in [1.82, 2.24) is 9.97 Å². The molecule has 2 rings (SSSR count). The van der Waals surface area contributed by atoms with E-state index < -0.39 is 0 Å². The normalized spacial score (nSPS) is 11.7. The first kappa shape index (κ1) is 11.8. The first-order valence-corrected chi connectivity index (χ1v) is 5.67. The van der Waals surface area contributed by atoms with Crippen LogP contribution in [0.15, 0.2) is 30.6 Å². The average molecular weight is 231 g/mol. The molecule has 2 N–H and O–H groups in total. The van der Waals surface area contributed by atoms with Crippen LogP contribution in [-0.2, 0) is 0 Å². The molecule has 0 atom stereocenters. The van der Waals surface area contributed by atoms with Gasteiger partial charge in [-0.15, -0.1) is 0 Å². The minimum absolute atomic E-state index is 0.142. The van der Waals surface area contributed by atoms with E-state index in [-0.39, 0.29) is 12.0 Å². The monoisotopic (exact) mass is 231 g/mol. The molecule has 0 radical (unpaired) electrons. The third-order valence-corrected chi connectivity index (χ3v) is 2.71. The third-order valence-electron chi connectivity index (χ3n) is 2.71. The second kappa shape index (κ2) is 4.67. The number of aliphatic hydroxyl groups is 1. The summed E-state index contributed by atoms with van der Waals surface area (Å²) in [4.78, 5) is 8.45. The molecule has 1 aromatic heterocycles. The number of anilines is 1. The molecule has 0 amide bonds. The number of fused-ring (bicyclic) bond motifs is 1. The zero-order valence-electron chi connectivity index (χ0n) is 10.1. The maximum Gasteiger partial charge on any atom is 0.137 e. The van der Waals surface area contributed by atoms with Gasteiger partial charge in [-0.25, -0.2) is 9.97 Å². The van der Waals surface area contributed by atoms with E-state index in [4.69, 9.17) is 0 Å². The van der Waals surface area contributed by atoms with Crippen molar-refractivity contribution < 1.29 is 5.11 Å². The van der Waals surface area contributed by atoms with Crippen molar-refractivity contribution in [3.8, 4) is 0 Å². The molecular formula is C13H17N3O. The number of nitrogens with zero attached hydrogens (tertiary/aromatic N) is 2. The number of rotatable bonds is 4. The van der Waals surface area contributed by atoms with Crippen molar-refractivity contribution in [3.63, 3.8) is 0 Å². The third kappa shape index (κ3) is 2.71. The van der Waals surface area contributed by atoms with E-state index in [9.17, 15) is 5.11 Å². The molecule has 0 aliphatic carbocycles. The van der Waals surface area contributed by atoms with Gasteiger partial charge in [-0.2, -0.15) is 0 Å². The zero-order valence-corrected chi connectivity index (χ0v) is 10.1. The Hall–Kier alpha value is -1.68. The maximum atomic E-state index is 9.21. The summed E-state index contributed by atoms with van der Waals surface area (Å²) in [5, 5.41) is 13.5. The highest BCUT2D eigenvalue weighted by molar-refractivity contribution is 5.88. The van der Waals surface area contributed by atoms with Gasteiger partial charge in [0.1, 0.15) is 12.1 Å². The van der Waals surface area contributed by atoms with Crippen LogP contribution in [0.3, 0.4) is 0 Å². The van der Waals surface area contributed by atoms with Gasteiger partial charge in [0.2, 0.25) is 0 Å². The zero-order chi connectivity index (χ0) is 12.3. The molecule has 0 aliphatic rings. The topological polar surface area (TPSA) is 58.0 Å². The lowest BCUT2D eigenvalue weighted by Gasteiger charge is -2.22. The highest BCUT2D eigenvalue weighted by Gasteiger charge is 2.16. The molecule has 0 unspecified atom stereocenters. The molecule has 0 spiro atoms. The Bertz CT molecular complexity index is 505. The summed E-state index contributed by atoms with van der Waals surface area (Å²) in [6.45, 7) is 4.82. The molecule has 2 aromatic rings. The van der Waals surface area contributed by atoms with Crippen molar-refractivity contribution in [3.05, 3.63) is 30.6 Å². The van der Waals surface area contributed by atoms with E-state index in [0.717, 1.165) is 16.7 Å². The van der Waals surface area contributed by atoms with Crippen LogP contribution in [0.4, 0.5) is 5.82 Å². The average Bonchev–Trinajstić information content (AvgIpc) is 2.36. The van der Waals surface area contributed by atoms with Crippen molar-refractivity contribution in [2.24, 2.45) is 5.41 Å². The lowest BCUT2D eigenvalue weighted by molar-refractivity contribution is 0.171. The number of aromatic nitrogens is 2. The van der Waals surface area contributed by atoms with Crippen LogP contribution < -0.4 is 5.32 Å². The van der Waals surface area contributed by atoms with Crippen molar-refractivity contribution >= 4 is 16.7 Å². The van der Waals surface area contributed by atoms with Crippen LogP contribution in [0.1, 0.15) is 13.8 Å². The summed E-state index contributed by atoms with van der Waals surface area (Å²) in [5.74, 6) is 0.817. The molecular weight excluding hydrogens is 214 g/mol. The fourth-order valence-electron chi connectivity index (χ4n) is 1.52. The van der Waals surface area contributed by atoms with Gasteiger partial charge in [0, 0.05) is 24.0 Å². The van der Waals surface area contributed by atoms with Gasteiger partial charge < -0.3 is 10.4 Å². The summed E-state index contributed by atoms with van der Waals surface area (Å²) in [6, 6.07) is 7.87. The van der Waals surface area contributed by atoms with Crippen LogP contribution in [0, 0.1) is 5.41 Å². The Balaban J connectivity index is 2.24. The van der Waals surface area contributed by atoms with Gasteiger partial charge in [0.25, 0.3) is 0 Å². The van der Waals surface area contributed by atoms with Crippen LogP contribution in [0.2, 0.25) is 0 Å². The Morgan fingerprint density at radius 3 is 2.76 bits per heavy atom. The lowest BCUT2D eigenvalue weighted by Crippen LogP contribution is -2.27. The summed E-state index contributed by atoms with van der Waals surface area (Å²) in [7, 11) is 0. The van der Waals surface area contributed by atoms with Crippen molar-refractivity contribution in [2.45, 2.75) is 13.8 Å². The Labute approximate surface area is 101 Å². The van der Waals surface area contributed by atoms with Gasteiger partial charge in [-0.1, -0.05) is 26.0 Å². The summed E-state index contributed by atoms with van der Waals surface area (Å²) >= 11 is 0. The van der Waals surface area contributed by atoms with E-state index in [2.05, 4.69) is 15.3 Å². The minimum atomic E-state index is -0.161. The SMILES string of the molecule is CC(C)(CO)CNc1ncnc2ccccc12. The number of para-hydroxylation sites is 1. The largest absolute Gasteiger partial charge is 0.396 e. The highest BCUT2D eigenvalue weighted by Crippen LogP contribution is 2.20. The van der Waals surface area contributed by atoms with Crippen molar-refractivity contribution in [2.75, 3.05) is 18.5 Å². The van der Waals surface area contributed by atoms with E-state index in [1.54, 1.807) is 6.33 Å². The number of benzene rings is 1. The standard InChI is InChI=1S/C13H17N3O/c1-13(2,8-17)7-14-12-10-5-3-4-6-11(10)15-9-16-12/h3-6,9,17H,7-8H2,1-2H3,(H,14,15,16). The van der Waals surface area contributed by atoms with E-state index in [0.29, 0.717) is 6.54 Å². The number of hydrogen-bond donors (Lipinski definition) is 2. The van der Waals surface area contributed by atoms with E-state index in [1.165, 1.54) is 0 Å². The Morgan fingerprint density at radius 2 is 2.00 bits per heavy atom. The first-order chi connectivity index (χ1) is 8.12. The number of aliphatic hydroxyl groups excluding tert-OH is 1. The van der Waals surface area contributed by atoms with E-state index in [1.807, 2.05) is 38.1 Å². The van der Waals surface area contributed by atoms with Crippen molar-refractivity contribution in [1.29, 1.82) is 0 Å². The van der Waals surface area contributed by atoms with Crippen LogP contribution in [0.25, 0.3) is 10.9 Å². The van der Waals surface area contributed by atoms with Gasteiger partial charge in [-0.3, -0.25) is 0 Å². The highest BCUT2D eigenvalue weighted by atomic mass is 16.3. The van der Waals surface area contributed by atoms with E-state index >= 15 is 0 Å². The molecule has 0 saturated carbocycles. The van der Waals surface area contributed by atoms with Crippen LogP contribution >= 0.6 is 0 Å². The predicted molar refractivity (Wildman–Crippen MR) is 68.9 cm³/mol. The summed E-state index contributed by atoms with van der Waals surface area (Å²) in [5.41, 5.74) is 0.762. The fraction of sp³-hybridized carbons (Fsp3) is 0.385. The lowest BCUT2D eigenvalue weighted by atomic mass is 9.95. The van der Waals surface area contributed by atoms with Gasteiger partial charge in [0.15, 0.2) is 0 Å². The molecule has 90 valence electrons. The number of hydrogen-bond acceptors (Lipinski definition) is 4. The molecule has 1 aromatic carbocycles. The quantitative estimate of drug-likeness (QED) is 0.845. The van der Waals surface area contributed by atoms with Gasteiger partial charge in [-0.05, 0) is 12.1 Å². The molecule has 1 heterocycles. The molecule has 4 nitrogen and oxygen atoms in total. The first-order valence-electron chi connectivity index (χ1n) is 5.67. The second-order valence-corrected chi connectivity index (χ2v) is 4.92. The molecule has 4 heteroatoms. The smallest absolute Gasteiger partial charge is 0.137 e. The summed E-state index contributed by atoms with van der Waals surface area (Å²) < 4.78 is 0. The minimum Gasteiger partial charge on any atom is -0.396 e. The molecule has 0 aliphatic heterocycles.